The summed E-state index contributed by atoms with van der Waals surface area (Å²) in [5.74, 6) is 0.320. The molecule has 0 aliphatic heterocycles. The summed E-state index contributed by atoms with van der Waals surface area (Å²) in [7, 11) is 0. The number of nitrogens with two attached hydrogens (primary N) is 1. The molecule has 2 aromatic carbocycles. The minimum absolute atomic E-state index is 0.0718. The molecular formula is C16H17ClFNO. The highest BCUT2D eigenvalue weighted by Crippen LogP contribution is 2.29. The van der Waals surface area contributed by atoms with Crippen LogP contribution in [0.25, 0.3) is 0 Å². The maximum Gasteiger partial charge on any atom is 0.142 e. The average Bonchev–Trinajstić information content (AvgIpc) is 2.41. The first-order valence-electron chi connectivity index (χ1n) is 6.45. The van der Waals surface area contributed by atoms with Crippen LogP contribution in [0, 0.1) is 5.82 Å². The Morgan fingerprint density at radius 2 is 1.75 bits per heavy atom. The first-order chi connectivity index (χ1) is 9.49. The maximum atomic E-state index is 13.5. The largest absolute Gasteiger partial charge is 0.491 e. The molecule has 0 aliphatic rings. The van der Waals surface area contributed by atoms with Crippen LogP contribution in [-0.4, -0.2) is 6.10 Å². The van der Waals surface area contributed by atoms with E-state index in [0.29, 0.717) is 5.56 Å². The fraction of sp³-hybridized carbons (Fsp3) is 0.250. The van der Waals surface area contributed by atoms with E-state index >= 15 is 0 Å². The van der Waals surface area contributed by atoms with Gasteiger partial charge in [-0.2, -0.15) is 0 Å². The lowest BCUT2D eigenvalue weighted by molar-refractivity contribution is 0.242. The van der Waals surface area contributed by atoms with Gasteiger partial charge in [-0.05, 0) is 43.2 Å². The van der Waals surface area contributed by atoms with Crippen molar-refractivity contribution >= 4 is 11.6 Å². The molecule has 0 heterocycles. The van der Waals surface area contributed by atoms with Crippen LogP contribution in [-0.2, 0) is 0 Å². The van der Waals surface area contributed by atoms with E-state index in [9.17, 15) is 4.39 Å². The van der Waals surface area contributed by atoms with E-state index in [0.717, 1.165) is 11.3 Å². The zero-order chi connectivity index (χ0) is 14.7. The van der Waals surface area contributed by atoms with Gasteiger partial charge in [-0.25, -0.2) is 4.39 Å². The third kappa shape index (κ3) is 3.30. The maximum absolute atomic E-state index is 13.5. The molecule has 1 unspecified atom stereocenters. The molecule has 2 nitrogen and oxygen atoms in total. The van der Waals surface area contributed by atoms with Gasteiger partial charge < -0.3 is 10.5 Å². The molecule has 106 valence electrons. The predicted molar refractivity (Wildman–Crippen MR) is 79.6 cm³/mol. The molecule has 0 amide bonds. The average molecular weight is 294 g/mol. The minimum atomic E-state index is -0.466. The minimum Gasteiger partial charge on any atom is -0.491 e. The van der Waals surface area contributed by atoms with Gasteiger partial charge in [0.05, 0.1) is 17.2 Å². The number of rotatable bonds is 4. The Labute approximate surface area is 123 Å². The molecule has 0 aromatic heterocycles. The summed E-state index contributed by atoms with van der Waals surface area (Å²) in [5, 5.41) is 0.0718. The molecule has 20 heavy (non-hydrogen) atoms. The monoisotopic (exact) mass is 293 g/mol. The quantitative estimate of drug-likeness (QED) is 0.911. The van der Waals surface area contributed by atoms with Gasteiger partial charge in [-0.15, -0.1) is 0 Å². The van der Waals surface area contributed by atoms with E-state index in [1.54, 1.807) is 12.1 Å². The standard InChI is InChI=1S/C16H17ClFNO/c1-10(2)20-12-8-6-11(7-9-12)16(19)13-4-3-5-14(18)15(13)17/h3-10,16H,19H2,1-2H3. The summed E-state index contributed by atoms with van der Waals surface area (Å²) >= 11 is 5.96. The second-order valence-corrected chi connectivity index (χ2v) is 5.23. The Morgan fingerprint density at radius 3 is 2.35 bits per heavy atom. The van der Waals surface area contributed by atoms with Gasteiger partial charge in [0.15, 0.2) is 0 Å². The zero-order valence-corrected chi connectivity index (χ0v) is 12.2. The van der Waals surface area contributed by atoms with E-state index in [-0.39, 0.29) is 11.1 Å². The normalized spacial score (nSPS) is 12.5. The first-order valence-corrected chi connectivity index (χ1v) is 6.83. The van der Waals surface area contributed by atoms with Gasteiger partial charge in [0.1, 0.15) is 11.6 Å². The summed E-state index contributed by atoms with van der Waals surface area (Å²) in [6.07, 6.45) is 0.118. The van der Waals surface area contributed by atoms with Crippen LogP contribution in [0.3, 0.4) is 0 Å². The van der Waals surface area contributed by atoms with E-state index in [1.807, 2.05) is 38.1 Å². The van der Waals surface area contributed by atoms with Crippen LogP contribution in [0.5, 0.6) is 5.75 Å². The topological polar surface area (TPSA) is 35.2 Å². The van der Waals surface area contributed by atoms with Gasteiger partial charge >= 0.3 is 0 Å². The third-order valence-corrected chi connectivity index (χ3v) is 3.33. The number of ether oxygens (including phenoxy) is 1. The van der Waals surface area contributed by atoms with E-state index < -0.39 is 11.9 Å². The van der Waals surface area contributed by atoms with Crippen molar-refractivity contribution in [2.24, 2.45) is 5.73 Å². The van der Waals surface area contributed by atoms with E-state index in [4.69, 9.17) is 22.1 Å². The number of benzene rings is 2. The summed E-state index contributed by atoms with van der Waals surface area (Å²) in [5.41, 5.74) is 7.57. The second-order valence-electron chi connectivity index (χ2n) is 4.86. The summed E-state index contributed by atoms with van der Waals surface area (Å²) in [6, 6.07) is 11.6. The van der Waals surface area contributed by atoms with Crippen LogP contribution in [0.15, 0.2) is 42.5 Å². The highest BCUT2D eigenvalue weighted by molar-refractivity contribution is 6.31. The Morgan fingerprint density at radius 1 is 1.10 bits per heavy atom. The predicted octanol–water partition coefficient (Wildman–Crippen LogP) is 4.31. The van der Waals surface area contributed by atoms with Crippen LogP contribution >= 0.6 is 11.6 Å². The number of halogens is 2. The van der Waals surface area contributed by atoms with Crippen molar-refractivity contribution in [3.05, 3.63) is 64.4 Å². The SMILES string of the molecule is CC(C)Oc1ccc(C(N)c2cccc(F)c2Cl)cc1. The molecule has 0 bridgehead atoms. The molecule has 0 radical (unpaired) electrons. The molecule has 2 N–H and O–H groups in total. The molecule has 0 spiro atoms. The fourth-order valence-corrected chi connectivity index (χ4v) is 2.21. The number of hydrogen-bond acceptors (Lipinski definition) is 2. The lowest BCUT2D eigenvalue weighted by Gasteiger charge is -2.16. The van der Waals surface area contributed by atoms with Crippen LogP contribution < -0.4 is 10.5 Å². The lowest BCUT2D eigenvalue weighted by Crippen LogP contribution is -2.13. The summed E-state index contributed by atoms with van der Waals surface area (Å²) in [4.78, 5) is 0. The Bertz CT molecular complexity index is 584. The van der Waals surface area contributed by atoms with Gasteiger partial charge in [0.25, 0.3) is 0 Å². The van der Waals surface area contributed by atoms with Crippen molar-refractivity contribution in [1.82, 2.24) is 0 Å². The number of hydrogen-bond donors (Lipinski definition) is 1. The molecule has 1 atom stereocenters. The smallest absolute Gasteiger partial charge is 0.142 e. The Hall–Kier alpha value is -1.58. The molecule has 0 saturated heterocycles. The van der Waals surface area contributed by atoms with Crippen molar-refractivity contribution in [2.45, 2.75) is 26.0 Å². The first kappa shape index (κ1) is 14.8. The molecule has 2 rings (SSSR count). The molecule has 4 heteroatoms. The van der Waals surface area contributed by atoms with Gasteiger partial charge in [0, 0.05) is 0 Å². The molecule has 0 saturated carbocycles. The van der Waals surface area contributed by atoms with Crippen molar-refractivity contribution in [2.75, 3.05) is 0 Å². The zero-order valence-electron chi connectivity index (χ0n) is 11.4. The third-order valence-electron chi connectivity index (χ3n) is 2.93. The molecular weight excluding hydrogens is 277 g/mol. The van der Waals surface area contributed by atoms with Crippen LogP contribution in [0.1, 0.15) is 31.0 Å². The van der Waals surface area contributed by atoms with Crippen molar-refractivity contribution in [3.8, 4) is 5.75 Å². The molecule has 0 fully saturated rings. The summed E-state index contributed by atoms with van der Waals surface area (Å²) < 4.78 is 19.0. The van der Waals surface area contributed by atoms with Crippen molar-refractivity contribution in [3.63, 3.8) is 0 Å². The van der Waals surface area contributed by atoms with Crippen LogP contribution in [0.2, 0.25) is 5.02 Å². The second kappa shape index (κ2) is 6.25. The van der Waals surface area contributed by atoms with Gasteiger partial charge in [-0.1, -0.05) is 35.9 Å². The van der Waals surface area contributed by atoms with Gasteiger partial charge in [-0.3, -0.25) is 0 Å². The molecule has 0 aliphatic carbocycles. The Kier molecular flexibility index (Phi) is 4.63. The lowest BCUT2D eigenvalue weighted by atomic mass is 9.99. The highest BCUT2D eigenvalue weighted by atomic mass is 35.5. The van der Waals surface area contributed by atoms with E-state index in [1.165, 1.54) is 6.07 Å². The Balaban J connectivity index is 2.25. The fourth-order valence-electron chi connectivity index (χ4n) is 1.97. The highest BCUT2D eigenvalue weighted by Gasteiger charge is 2.15. The van der Waals surface area contributed by atoms with E-state index in [2.05, 4.69) is 0 Å². The molecule has 2 aromatic rings. The van der Waals surface area contributed by atoms with Crippen molar-refractivity contribution in [1.29, 1.82) is 0 Å². The van der Waals surface area contributed by atoms with Crippen LogP contribution in [0.4, 0.5) is 4.39 Å². The summed E-state index contributed by atoms with van der Waals surface area (Å²) in [6.45, 7) is 3.93. The van der Waals surface area contributed by atoms with Crippen molar-refractivity contribution < 1.29 is 9.13 Å². The van der Waals surface area contributed by atoms with Gasteiger partial charge in [0.2, 0.25) is 0 Å².